The minimum absolute atomic E-state index is 0.447. The zero-order valence-corrected chi connectivity index (χ0v) is 9.04. The van der Waals surface area contributed by atoms with Gasteiger partial charge in [-0.05, 0) is 0 Å². The third kappa shape index (κ3) is 2.08. The Morgan fingerprint density at radius 2 is 2.33 bits per heavy atom. The third-order valence-corrected chi connectivity index (χ3v) is 2.38. The van der Waals surface area contributed by atoms with Gasteiger partial charge in [-0.2, -0.15) is 0 Å². The number of aromatic nitrogens is 2. The van der Waals surface area contributed by atoms with Gasteiger partial charge in [-0.15, -0.1) is 0 Å². The normalized spacial score (nSPS) is 14.8. The van der Waals surface area contributed by atoms with Crippen LogP contribution < -0.4 is 5.32 Å². The summed E-state index contributed by atoms with van der Waals surface area (Å²) < 4.78 is 10.4. The standard InChI is InChI=1S/C10H15N3O2/c1-11-10-7-5-15-4-3-8(7)12-9(13-10)6-14-2/h3-6H2,1-2H3,(H,11,12,13). The lowest BCUT2D eigenvalue weighted by molar-refractivity contribution is 0.108. The van der Waals surface area contributed by atoms with E-state index < -0.39 is 0 Å². The minimum atomic E-state index is 0.447. The summed E-state index contributed by atoms with van der Waals surface area (Å²) in [6, 6.07) is 0. The largest absolute Gasteiger partial charge is 0.377 e. The summed E-state index contributed by atoms with van der Waals surface area (Å²) in [4.78, 5) is 8.82. The maximum atomic E-state index is 5.39. The lowest BCUT2D eigenvalue weighted by Crippen LogP contribution is -2.17. The molecule has 0 aromatic carbocycles. The number of ether oxygens (including phenoxy) is 2. The maximum absolute atomic E-state index is 5.39. The van der Waals surface area contributed by atoms with E-state index in [-0.39, 0.29) is 0 Å². The van der Waals surface area contributed by atoms with Gasteiger partial charge in [0.1, 0.15) is 12.4 Å². The Labute approximate surface area is 88.8 Å². The van der Waals surface area contributed by atoms with Crippen LogP contribution in [0.5, 0.6) is 0 Å². The molecule has 15 heavy (non-hydrogen) atoms. The smallest absolute Gasteiger partial charge is 0.156 e. The topological polar surface area (TPSA) is 56.3 Å². The average Bonchev–Trinajstić information content (AvgIpc) is 2.28. The van der Waals surface area contributed by atoms with Crippen LogP contribution >= 0.6 is 0 Å². The first kappa shape index (κ1) is 10.3. The van der Waals surface area contributed by atoms with E-state index in [4.69, 9.17) is 9.47 Å². The van der Waals surface area contributed by atoms with Crippen LogP contribution in [0.25, 0.3) is 0 Å². The van der Waals surface area contributed by atoms with Gasteiger partial charge in [0, 0.05) is 26.1 Å². The Hall–Kier alpha value is -1.20. The van der Waals surface area contributed by atoms with E-state index in [1.54, 1.807) is 7.11 Å². The van der Waals surface area contributed by atoms with Crippen molar-refractivity contribution in [1.82, 2.24) is 9.97 Å². The minimum Gasteiger partial charge on any atom is -0.377 e. The molecular weight excluding hydrogens is 194 g/mol. The summed E-state index contributed by atoms with van der Waals surface area (Å²) in [6.07, 6.45) is 0.850. The predicted molar refractivity (Wildman–Crippen MR) is 55.7 cm³/mol. The molecule has 1 aromatic rings. The van der Waals surface area contributed by atoms with Gasteiger partial charge in [0.2, 0.25) is 0 Å². The van der Waals surface area contributed by atoms with Crippen LogP contribution in [0, 0.1) is 0 Å². The SMILES string of the molecule is CNc1nc(COC)nc2c1COCC2. The van der Waals surface area contributed by atoms with Gasteiger partial charge in [0.15, 0.2) is 5.82 Å². The fourth-order valence-corrected chi connectivity index (χ4v) is 1.68. The fourth-order valence-electron chi connectivity index (χ4n) is 1.68. The Bertz CT molecular complexity index is 338. The molecule has 2 heterocycles. The number of hydrogen-bond acceptors (Lipinski definition) is 5. The summed E-state index contributed by atoms with van der Waals surface area (Å²) in [7, 11) is 3.50. The lowest BCUT2D eigenvalue weighted by Gasteiger charge is -2.19. The van der Waals surface area contributed by atoms with Gasteiger partial charge in [-0.1, -0.05) is 0 Å². The van der Waals surface area contributed by atoms with Crippen LogP contribution in [-0.2, 0) is 29.1 Å². The quantitative estimate of drug-likeness (QED) is 0.795. The molecule has 2 rings (SSSR count). The van der Waals surface area contributed by atoms with Crippen LogP contribution in [0.3, 0.4) is 0 Å². The van der Waals surface area contributed by atoms with Gasteiger partial charge in [-0.3, -0.25) is 0 Å². The summed E-state index contributed by atoms with van der Waals surface area (Å²) >= 11 is 0. The molecular formula is C10H15N3O2. The van der Waals surface area contributed by atoms with Crippen molar-refractivity contribution in [3.8, 4) is 0 Å². The molecule has 1 aliphatic rings. The van der Waals surface area contributed by atoms with E-state index in [9.17, 15) is 0 Å². The molecule has 0 radical (unpaired) electrons. The Morgan fingerprint density at radius 1 is 1.47 bits per heavy atom. The molecule has 0 amide bonds. The van der Waals surface area contributed by atoms with E-state index in [0.717, 1.165) is 35.9 Å². The van der Waals surface area contributed by atoms with Gasteiger partial charge >= 0.3 is 0 Å². The van der Waals surface area contributed by atoms with Crippen LogP contribution in [-0.4, -0.2) is 30.7 Å². The second-order valence-corrected chi connectivity index (χ2v) is 3.40. The highest BCUT2D eigenvalue weighted by Gasteiger charge is 2.17. The van der Waals surface area contributed by atoms with Gasteiger partial charge < -0.3 is 14.8 Å². The number of methoxy groups -OCH3 is 1. The van der Waals surface area contributed by atoms with Crippen LogP contribution in [0.1, 0.15) is 17.1 Å². The van der Waals surface area contributed by atoms with E-state index in [1.165, 1.54) is 0 Å². The first-order valence-corrected chi connectivity index (χ1v) is 4.98. The zero-order chi connectivity index (χ0) is 10.7. The molecule has 0 atom stereocenters. The van der Waals surface area contributed by atoms with Crippen LogP contribution in [0.15, 0.2) is 0 Å². The van der Waals surface area contributed by atoms with Crippen molar-refractivity contribution < 1.29 is 9.47 Å². The Balaban J connectivity index is 2.38. The van der Waals surface area contributed by atoms with Crippen molar-refractivity contribution in [3.63, 3.8) is 0 Å². The van der Waals surface area contributed by atoms with Crippen LogP contribution in [0.4, 0.5) is 5.82 Å². The molecule has 5 heteroatoms. The third-order valence-electron chi connectivity index (χ3n) is 2.38. The van der Waals surface area contributed by atoms with E-state index in [0.29, 0.717) is 13.2 Å². The summed E-state index contributed by atoms with van der Waals surface area (Å²) in [5.74, 6) is 1.58. The molecule has 0 spiro atoms. The maximum Gasteiger partial charge on any atom is 0.156 e. The summed E-state index contributed by atoms with van der Waals surface area (Å²) in [5, 5.41) is 3.07. The Kier molecular flexibility index (Phi) is 3.13. The fraction of sp³-hybridized carbons (Fsp3) is 0.600. The van der Waals surface area contributed by atoms with Crippen molar-refractivity contribution in [3.05, 3.63) is 17.1 Å². The highest BCUT2D eigenvalue weighted by molar-refractivity contribution is 5.46. The second kappa shape index (κ2) is 4.55. The van der Waals surface area contributed by atoms with Crippen molar-refractivity contribution in [1.29, 1.82) is 0 Å². The molecule has 0 unspecified atom stereocenters. The molecule has 0 aliphatic carbocycles. The number of nitrogens with zero attached hydrogens (tertiary/aromatic N) is 2. The Morgan fingerprint density at radius 3 is 3.07 bits per heavy atom. The number of fused-ring (bicyclic) bond motifs is 1. The molecule has 1 N–H and O–H groups in total. The van der Waals surface area contributed by atoms with Gasteiger partial charge in [0.25, 0.3) is 0 Å². The molecule has 0 bridgehead atoms. The lowest BCUT2D eigenvalue weighted by atomic mass is 10.1. The van der Waals surface area contributed by atoms with Gasteiger partial charge in [0.05, 0.1) is 18.9 Å². The number of rotatable bonds is 3. The molecule has 0 fully saturated rings. The zero-order valence-electron chi connectivity index (χ0n) is 9.04. The highest BCUT2D eigenvalue weighted by Crippen LogP contribution is 2.21. The first-order chi connectivity index (χ1) is 7.35. The highest BCUT2D eigenvalue weighted by atomic mass is 16.5. The van der Waals surface area contributed by atoms with Crippen molar-refractivity contribution in [2.45, 2.75) is 19.6 Å². The summed E-state index contributed by atoms with van der Waals surface area (Å²) in [6.45, 7) is 1.78. The predicted octanol–water partition coefficient (Wildman–Crippen LogP) is 0.737. The molecule has 82 valence electrons. The number of hydrogen-bond donors (Lipinski definition) is 1. The molecule has 5 nitrogen and oxygen atoms in total. The van der Waals surface area contributed by atoms with Gasteiger partial charge in [-0.25, -0.2) is 9.97 Å². The monoisotopic (exact) mass is 209 g/mol. The molecule has 0 saturated heterocycles. The molecule has 1 aromatic heterocycles. The first-order valence-electron chi connectivity index (χ1n) is 4.98. The average molecular weight is 209 g/mol. The van der Waals surface area contributed by atoms with E-state index >= 15 is 0 Å². The van der Waals surface area contributed by atoms with Crippen LogP contribution in [0.2, 0.25) is 0 Å². The number of nitrogens with one attached hydrogen (secondary N) is 1. The van der Waals surface area contributed by atoms with Crippen molar-refractivity contribution in [2.75, 3.05) is 26.1 Å². The van der Waals surface area contributed by atoms with Crippen molar-refractivity contribution in [2.24, 2.45) is 0 Å². The molecule has 0 saturated carbocycles. The van der Waals surface area contributed by atoms with E-state index in [2.05, 4.69) is 15.3 Å². The molecule has 1 aliphatic heterocycles. The second-order valence-electron chi connectivity index (χ2n) is 3.40. The van der Waals surface area contributed by atoms with E-state index in [1.807, 2.05) is 7.05 Å². The summed E-state index contributed by atoms with van der Waals surface area (Å²) in [5.41, 5.74) is 2.15. The van der Waals surface area contributed by atoms with Crippen molar-refractivity contribution >= 4 is 5.82 Å². The number of anilines is 1.